The Morgan fingerprint density at radius 1 is 1.19 bits per heavy atom. The normalized spacial score (nSPS) is 35.5. The molecule has 4 bridgehead atoms. The third kappa shape index (κ3) is 4.33. The van der Waals surface area contributed by atoms with Gasteiger partial charge in [0.1, 0.15) is 11.7 Å². The van der Waals surface area contributed by atoms with E-state index in [-0.39, 0.29) is 36.0 Å². The van der Waals surface area contributed by atoms with Gasteiger partial charge >= 0.3 is 12.2 Å². The molecule has 6 atom stereocenters. The Morgan fingerprint density at radius 3 is 2.41 bits per heavy atom. The first-order valence-electron chi connectivity index (χ1n) is 11.9. The van der Waals surface area contributed by atoms with Crippen LogP contribution in [0.4, 0.5) is 9.59 Å². The number of hydrogen-bond acceptors (Lipinski definition) is 5. The van der Waals surface area contributed by atoms with Crippen molar-refractivity contribution >= 4 is 18.1 Å². The summed E-state index contributed by atoms with van der Waals surface area (Å²) in [6.45, 7) is 10.6. The number of hydrogen-bond donors (Lipinski definition) is 1. The molecule has 0 radical (unpaired) electrons. The monoisotopic (exact) mass is 447 g/mol. The fraction of sp³-hybridized carbons (Fsp3) is 0.792. The van der Waals surface area contributed by atoms with E-state index in [1.54, 1.807) is 15.9 Å². The fourth-order valence-corrected chi connectivity index (χ4v) is 6.66. The molecule has 4 aliphatic carbocycles. The van der Waals surface area contributed by atoms with Crippen LogP contribution < -0.4 is 5.73 Å². The summed E-state index contributed by atoms with van der Waals surface area (Å²) in [5.74, 6) is 0.770. The first-order chi connectivity index (χ1) is 15.0. The molecule has 1 heterocycles. The number of nitrogens with two attached hydrogens (primary N) is 1. The fourth-order valence-electron chi connectivity index (χ4n) is 6.66. The average molecular weight is 448 g/mol. The molecule has 5 fully saturated rings. The highest BCUT2D eigenvalue weighted by Gasteiger charge is 2.59. The zero-order valence-corrected chi connectivity index (χ0v) is 19.5. The van der Waals surface area contributed by atoms with Crippen LogP contribution >= 0.6 is 0 Å². The van der Waals surface area contributed by atoms with E-state index in [1.165, 1.54) is 0 Å². The Morgan fingerprint density at radius 2 is 1.84 bits per heavy atom. The van der Waals surface area contributed by atoms with E-state index in [0.29, 0.717) is 32.0 Å². The lowest BCUT2D eigenvalue weighted by molar-refractivity contribution is -0.161. The Bertz CT molecular complexity index is 775. The summed E-state index contributed by atoms with van der Waals surface area (Å²) in [5.41, 5.74) is 4.78. The maximum atomic E-state index is 13.0. The number of likely N-dealkylation sites (tertiary alicyclic amines) is 1. The van der Waals surface area contributed by atoms with Crippen LogP contribution in [0.1, 0.15) is 59.3 Å². The predicted molar refractivity (Wildman–Crippen MR) is 119 cm³/mol. The van der Waals surface area contributed by atoms with Crippen LogP contribution in [0, 0.1) is 23.2 Å². The summed E-state index contributed by atoms with van der Waals surface area (Å²) in [4.78, 5) is 41.2. The van der Waals surface area contributed by atoms with Gasteiger partial charge in [-0.3, -0.25) is 9.69 Å². The van der Waals surface area contributed by atoms with Crippen LogP contribution in [0.15, 0.2) is 12.7 Å². The highest BCUT2D eigenvalue weighted by Crippen LogP contribution is 2.60. The Hall–Kier alpha value is -2.25. The van der Waals surface area contributed by atoms with E-state index in [9.17, 15) is 14.4 Å². The first-order valence-corrected chi connectivity index (χ1v) is 11.9. The predicted octanol–water partition coefficient (Wildman–Crippen LogP) is 3.30. The molecule has 32 heavy (non-hydrogen) atoms. The largest absolute Gasteiger partial charge is 0.446 e. The van der Waals surface area contributed by atoms with Crippen LogP contribution in [0.3, 0.4) is 0 Å². The lowest BCUT2D eigenvalue weighted by atomic mass is 9.48. The molecule has 5 unspecified atom stereocenters. The van der Waals surface area contributed by atoms with Gasteiger partial charge in [-0.15, -0.1) is 6.58 Å². The molecule has 1 aliphatic heterocycles. The molecule has 0 aromatic heterocycles. The SMILES string of the molecule is C=CCN(C(=O)OC(C)(C)C)C1CCN(C(=O)OC2C3CC4C[C@@H]2CC(C(N)=O)(C4)C3)C1. The van der Waals surface area contributed by atoms with Gasteiger partial charge < -0.3 is 20.1 Å². The van der Waals surface area contributed by atoms with Crippen molar-refractivity contribution in [2.45, 2.75) is 77.0 Å². The quantitative estimate of drug-likeness (QED) is 0.652. The van der Waals surface area contributed by atoms with E-state index in [1.807, 2.05) is 20.8 Å². The van der Waals surface area contributed by atoms with E-state index in [2.05, 4.69) is 6.58 Å². The highest BCUT2D eigenvalue weighted by atomic mass is 16.6. The molecular weight excluding hydrogens is 410 g/mol. The lowest BCUT2D eigenvalue weighted by Gasteiger charge is -2.58. The van der Waals surface area contributed by atoms with E-state index >= 15 is 0 Å². The average Bonchev–Trinajstić information content (AvgIpc) is 3.16. The first kappa shape index (κ1) is 22.9. The van der Waals surface area contributed by atoms with Gasteiger partial charge in [0.05, 0.1) is 11.5 Å². The van der Waals surface area contributed by atoms with Crippen LogP contribution in [-0.4, -0.2) is 65.3 Å². The summed E-state index contributed by atoms with van der Waals surface area (Å²) in [6.07, 6.45) is 5.89. The molecule has 5 rings (SSSR count). The molecule has 1 saturated heterocycles. The summed E-state index contributed by atoms with van der Waals surface area (Å²) in [6, 6.07) is -0.132. The molecular formula is C24H37N3O5. The molecule has 8 nitrogen and oxygen atoms in total. The molecule has 0 aromatic rings. The summed E-state index contributed by atoms with van der Waals surface area (Å²) < 4.78 is 11.6. The number of primary amides is 1. The highest BCUT2D eigenvalue weighted by molar-refractivity contribution is 5.81. The number of ether oxygens (including phenoxy) is 2. The van der Waals surface area contributed by atoms with Crippen molar-refractivity contribution in [3.05, 3.63) is 12.7 Å². The minimum Gasteiger partial charge on any atom is -0.446 e. The summed E-state index contributed by atoms with van der Waals surface area (Å²) in [7, 11) is 0. The van der Waals surface area contributed by atoms with Crippen molar-refractivity contribution in [3.8, 4) is 0 Å². The lowest BCUT2D eigenvalue weighted by Crippen LogP contribution is -2.59. The standard InChI is InChI=1S/C24H37N3O5/c1-5-7-27(22(30)32-23(2,3)4)18-6-8-26(14-18)21(29)31-19-16-9-15-10-17(19)13-24(11-15,12-16)20(25)28/h5,15-19H,1,6-14H2,2-4H3,(H2,25,28)/t15?,16-,17?,18?,19?,24?/m1/s1. The number of carbonyl (C=O) groups excluding carboxylic acids is 3. The van der Waals surface area contributed by atoms with Crippen molar-refractivity contribution in [3.63, 3.8) is 0 Å². The molecule has 0 spiro atoms. The Balaban J connectivity index is 1.37. The molecule has 8 heteroatoms. The summed E-state index contributed by atoms with van der Waals surface area (Å²) >= 11 is 0. The Kier molecular flexibility index (Phi) is 5.92. The second kappa shape index (κ2) is 8.27. The third-order valence-corrected chi connectivity index (χ3v) is 7.76. The molecule has 3 amide bonds. The van der Waals surface area contributed by atoms with E-state index in [4.69, 9.17) is 15.2 Å². The van der Waals surface area contributed by atoms with E-state index in [0.717, 1.165) is 32.1 Å². The maximum Gasteiger partial charge on any atom is 0.410 e. The topological polar surface area (TPSA) is 102 Å². The van der Waals surface area contributed by atoms with Crippen molar-refractivity contribution in [1.82, 2.24) is 9.80 Å². The van der Waals surface area contributed by atoms with Gasteiger partial charge in [-0.05, 0) is 77.0 Å². The van der Waals surface area contributed by atoms with Gasteiger partial charge in [0.25, 0.3) is 0 Å². The zero-order valence-electron chi connectivity index (χ0n) is 19.5. The Labute approximate surface area is 190 Å². The molecule has 2 N–H and O–H groups in total. The second-order valence-corrected chi connectivity index (χ2v) is 11.3. The van der Waals surface area contributed by atoms with Gasteiger partial charge in [0.2, 0.25) is 5.91 Å². The van der Waals surface area contributed by atoms with Crippen LogP contribution in [0.25, 0.3) is 0 Å². The smallest absolute Gasteiger partial charge is 0.410 e. The number of amides is 3. The minimum absolute atomic E-state index is 0.132. The van der Waals surface area contributed by atoms with Crippen molar-refractivity contribution in [2.75, 3.05) is 19.6 Å². The van der Waals surface area contributed by atoms with Crippen molar-refractivity contribution in [1.29, 1.82) is 0 Å². The maximum absolute atomic E-state index is 13.0. The van der Waals surface area contributed by atoms with Crippen molar-refractivity contribution in [2.24, 2.45) is 28.9 Å². The zero-order chi connectivity index (χ0) is 23.3. The van der Waals surface area contributed by atoms with Gasteiger partial charge in [-0.25, -0.2) is 9.59 Å². The summed E-state index contributed by atoms with van der Waals surface area (Å²) in [5, 5.41) is 0. The van der Waals surface area contributed by atoms with Gasteiger partial charge in [0, 0.05) is 19.6 Å². The van der Waals surface area contributed by atoms with Gasteiger partial charge in [-0.2, -0.15) is 0 Å². The molecule has 0 aromatic carbocycles. The van der Waals surface area contributed by atoms with Gasteiger partial charge in [0.15, 0.2) is 0 Å². The molecule has 5 aliphatic rings. The third-order valence-electron chi connectivity index (χ3n) is 7.76. The number of rotatable bonds is 5. The molecule has 4 saturated carbocycles. The second-order valence-electron chi connectivity index (χ2n) is 11.3. The molecule has 178 valence electrons. The van der Waals surface area contributed by atoms with Crippen LogP contribution in [-0.2, 0) is 14.3 Å². The van der Waals surface area contributed by atoms with Crippen LogP contribution in [0.2, 0.25) is 0 Å². The number of nitrogens with zero attached hydrogens (tertiary/aromatic N) is 2. The van der Waals surface area contributed by atoms with Gasteiger partial charge in [-0.1, -0.05) is 6.08 Å². The minimum atomic E-state index is -0.588. The van der Waals surface area contributed by atoms with E-state index < -0.39 is 17.1 Å². The van der Waals surface area contributed by atoms with Crippen LogP contribution in [0.5, 0.6) is 0 Å². The number of carbonyl (C=O) groups is 3. The van der Waals surface area contributed by atoms with Crippen molar-refractivity contribution < 1.29 is 23.9 Å².